The van der Waals surface area contributed by atoms with Crippen LogP contribution in [0, 0.1) is 13.8 Å². The van der Waals surface area contributed by atoms with Gasteiger partial charge in [0.25, 0.3) is 20.0 Å². The number of nitrogens with one attached hydrogen (secondary N) is 4. The summed E-state index contributed by atoms with van der Waals surface area (Å²) in [7, 11) is -8.21. The lowest BCUT2D eigenvalue weighted by molar-refractivity contribution is 0.00448. The zero-order chi connectivity index (χ0) is 35.8. The number of urea groups is 2. The Labute approximate surface area is 282 Å². The molecule has 0 heterocycles. The molecule has 0 aliphatic carbocycles. The number of hydrogen-bond acceptors (Lipinski definition) is 10. The Hall–Kier alpha value is -5.74. The highest BCUT2D eigenvalue weighted by atomic mass is 32.2. The Bertz CT molecular complexity index is 2080. The molecule has 0 fully saturated rings. The summed E-state index contributed by atoms with van der Waals surface area (Å²) >= 11 is 0. The van der Waals surface area contributed by atoms with E-state index >= 15 is 0 Å². The molecule has 0 spiro atoms. The molecule has 4 N–H and O–H groups in total. The van der Waals surface area contributed by atoms with Crippen LogP contribution >= 0.6 is 0 Å². The standard InChI is InChI=1S/C33H32N4O10S2/c1-21-8-4-6-10-28(21)48(42,43)36-32(40)34-26-16-12-24(13-17-26)30(38)46-20-23(3)47-31(39)25-14-18-27(19-15-25)35-33(41)37-49(44,45)29-11-7-5-9-22(29)2/h4-19,23H,20H2,1-3H3,(H2,34,36,40)(H2,35,37,41). The van der Waals surface area contributed by atoms with Crippen molar-refractivity contribution >= 4 is 55.4 Å². The second-order valence-corrected chi connectivity index (χ2v) is 13.9. The largest absolute Gasteiger partial charge is 0.458 e. The van der Waals surface area contributed by atoms with Gasteiger partial charge in [-0.25, -0.2) is 45.5 Å². The summed E-state index contributed by atoms with van der Waals surface area (Å²) in [4.78, 5) is 49.6. The van der Waals surface area contributed by atoms with E-state index in [1.807, 2.05) is 9.44 Å². The zero-order valence-corrected chi connectivity index (χ0v) is 28.1. The van der Waals surface area contributed by atoms with E-state index in [0.717, 1.165) is 0 Å². The molecule has 1 unspecified atom stereocenters. The number of benzene rings is 4. The number of hydrogen-bond donors (Lipinski definition) is 4. The lowest BCUT2D eigenvalue weighted by Crippen LogP contribution is -2.34. The smallest absolute Gasteiger partial charge is 0.338 e. The molecular formula is C33H32N4O10S2. The molecule has 4 aromatic rings. The SMILES string of the molecule is Cc1ccccc1S(=O)(=O)NC(=O)Nc1ccc(C(=O)OCC(C)OC(=O)c2ccc(NC(=O)NS(=O)(=O)c3ccccc3C)cc2)cc1. The first-order valence-electron chi connectivity index (χ1n) is 14.5. The fourth-order valence-corrected chi connectivity index (χ4v) is 6.63. The number of sulfonamides is 2. The molecule has 4 aromatic carbocycles. The number of carbonyl (C=O) groups is 4. The van der Waals surface area contributed by atoms with E-state index in [-0.39, 0.29) is 38.9 Å². The molecule has 0 radical (unpaired) electrons. The van der Waals surface area contributed by atoms with E-state index < -0.39 is 50.2 Å². The highest BCUT2D eigenvalue weighted by Crippen LogP contribution is 2.17. The quantitative estimate of drug-likeness (QED) is 0.158. The fourth-order valence-electron chi connectivity index (χ4n) is 4.32. The second kappa shape index (κ2) is 15.4. The number of anilines is 2. The van der Waals surface area contributed by atoms with Crippen LogP contribution in [0.25, 0.3) is 0 Å². The molecule has 1 atom stereocenters. The topological polar surface area (TPSA) is 203 Å². The third-order valence-electron chi connectivity index (χ3n) is 6.73. The highest BCUT2D eigenvalue weighted by molar-refractivity contribution is 7.90. The summed E-state index contributed by atoms with van der Waals surface area (Å²) in [5, 5.41) is 4.77. The second-order valence-electron chi connectivity index (χ2n) is 10.6. The van der Waals surface area contributed by atoms with Crippen LogP contribution in [-0.2, 0) is 29.5 Å². The molecule has 16 heteroatoms. The van der Waals surface area contributed by atoms with E-state index in [1.54, 1.807) is 38.1 Å². The van der Waals surface area contributed by atoms with Crippen molar-refractivity contribution < 1.29 is 45.5 Å². The predicted molar refractivity (Wildman–Crippen MR) is 179 cm³/mol. The molecular weight excluding hydrogens is 677 g/mol. The highest BCUT2D eigenvalue weighted by Gasteiger charge is 2.21. The first kappa shape index (κ1) is 36.1. The van der Waals surface area contributed by atoms with Crippen molar-refractivity contribution in [1.82, 2.24) is 9.44 Å². The van der Waals surface area contributed by atoms with Gasteiger partial charge in [-0.3, -0.25) is 0 Å². The number of rotatable bonds is 11. The minimum Gasteiger partial charge on any atom is -0.458 e. The summed E-state index contributed by atoms with van der Waals surface area (Å²) in [6.07, 6.45) is -0.841. The van der Waals surface area contributed by atoms with Gasteiger partial charge in [-0.2, -0.15) is 0 Å². The van der Waals surface area contributed by atoms with Crippen LogP contribution in [0.5, 0.6) is 0 Å². The normalized spacial score (nSPS) is 11.8. The molecule has 256 valence electrons. The molecule has 0 saturated heterocycles. The van der Waals surface area contributed by atoms with Gasteiger partial charge in [0, 0.05) is 11.4 Å². The zero-order valence-electron chi connectivity index (χ0n) is 26.4. The van der Waals surface area contributed by atoms with Crippen LogP contribution in [0.15, 0.2) is 107 Å². The lowest BCUT2D eigenvalue weighted by atomic mass is 10.2. The average Bonchev–Trinajstić information content (AvgIpc) is 3.04. The Balaban J connectivity index is 1.22. The molecule has 49 heavy (non-hydrogen) atoms. The number of amides is 4. The maximum absolute atomic E-state index is 12.6. The van der Waals surface area contributed by atoms with E-state index in [1.165, 1.54) is 79.7 Å². The third kappa shape index (κ3) is 9.88. The third-order valence-corrected chi connectivity index (χ3v) is 9.72. The van der Waals surface area contributed by atoms with Gasteiger partial charge in [0.15, 0.2) is 0 Å². The molecule has 0 aliphatic rings. The number of carbonyl (C=O) groups excluding carboxylic acids is 4. The predicted octanol–water partition coefficient (Wildman–Crippen LogP) is 4.73. The van der Waals surface area contributed by atoms with Gasteiger partial charge in [-0.1, -0.05) is 36.4 Å². The molecule has 0 bridgehead atoms. The van der Waals surface area contributed by atoms with Crippen molar-refractivity contribution in [1.29, 1.82) is 0 Å². The van der Waals surface area contributed by atoms with Gasteiger partial charge in [0.2, 0.25) is 0 Å². The Morgan fingerprint density at radius 3 is 1.39 bits per heavy atom. The molecule has 0 saturated carbocycles. The number of esters is 2. The number of ether oxygens (including phenoxy) is 2. The van der Waals surface area contributed by atoms with Crippen molar-refractivity contribution in [3.8, 4) is 0 Å². The van der Waals surface area contributed by atoms with Gasteiger partial charge < -0.3 is 20.1 Å². The summed E-state index contributed by atoms with van der Waals surface area (Å²) in [6.45, 7) is 4.44. The Morgan fingerprint density at radius 1 is 0.592 bits per heavy atom. The Kier molecular flexibility index (Phi) is 11.4. The summed E-state index contributed by atoms with van der Waals surface area (Å²) < 4.78 is 64.4. The Morgan fingerprint density at radius 2 is 0.980 bits per heavy atom. The maximum atomic E-state index is 12.6. The van der Waals surface area contributed by atoms with Crippen molar-refractivity contribution in [2.45, 2.75) is 36.7 Å². The monoisotopic (exact) mass is 708 g/mol. The van der Waals surface area contributed by atoms with Gasteiger partial charge in [0.05, 0.1) is 20.9 Å². The molecule has 0 aromatic heterocycles. The van der Waals surface area contributed by atoms with Crippen LogP contribution in [0.1, 0.15) is 38.8 Å². The average molecular weight is 709 g/mol. The molecule has 0 aliphatic heterocycles. The van der Waals surface area contributed by atoms with Crippen LogP contribution in [0.3, 0.4) is 0 Å². The van der Waals surface area contributed by atoms with Gasteiger partial charge >= 0.3 is 24.0 Å². The van der Waals surface area contributed by atoms with Crippen LogP contribution < -0.4 is 20.1 Å². The van der Waals surface area contributed by atoms with Crippen molar-refractivity contribution in [3.63, 3.8) is 0 Å². The molecule has 14 nitrogen and oxygen atoms in total. The van der Waals surface area contributed by atoms with Crippen LogP contribution in [0.2, 0.25) is 0 Å². The van der Waals surface area contributed by atoms with E-state index in [0.29, 0.717) is 11.1 Å². The first-order valence-corrected chi connectivity index (χ1v) is 17.5. The minimum atomic E-state index is -4.10. The summed E-state index contributed by atoms with van der Waals surface area (Å²) in [5.74, 6) is -1.47. The van der Waals surface area contributed by atoms with E-state index in [9.17, 15) is 36.0 Å². The van der Waals surface area contributed by atoms with Crippen LogP contribution in [-0.4, -0.2) is 53.5 Å². The van der Waals surface area contributed by atoms with E-state index in [2.05, 4.69) is 10.6 Å². The summed E-state index contributed by atoms with van der Waals surface area (Å²) in [5.41, 5.74) is 1.61. The minimum absolute atomic E-state index is 0.0363. The molecule has 4 rings (SSSR count). The fraction of sp³-hybridized carbons (Fsp3) is 0.152. The number of aryl methyl sites for hydroxylation is 2. The van der Waals surface area contributed by atoms with Gasteiger partial charge in [0.1, 0.15) is 12.7 Å². The van der Waals surface area contributed by atoms with Crippen molar-refractivity contribution in [2.75, 3.05) is 17.2 Å². The van der Waals surface area contributed by atoms with Gasteiger partial charge in [-0.15, -0.1) is 0 Å². The van der Waals surface area contributed by atoms with Crippen molar-refractivity contribution in [2.24, 2.45) is 0 Å². The lowest BCUT2D eigenvalue weighted by Gasteiger charge is -2.14. The first-order chi connectivity index (χ1) is 23.1. The van der Waals surface area contributed by atoms with E-state index in [4.69, 9.17) is 9.47 Å². The van der Waals surface area contributed by atoms with Gasteiger partial charge in [-0.05, 0) is 92.6 Å². The molecule has 4 amide bonds. The maximum Gasteiger partial charge on any atom is 0.338 e. The van der Waals surface area contributed by atoms with Crippen LogP contribution in [0.4, 0.5) is 21.0 Å². The van der Waals surface area contributed by atoms with Crippen molar-refractivity contribution in [3.05, 3.63) is 119 Å². The summed E-state index contributed by atoms with van der Waals surface area (Å²) in [6, 6.07) is 21.4.